The Kier molecular flexibility index (Phi) is 3.83. The van der Waals surface area contributed by atoms with Gasteiger partial charge in [-0.05, 0) is 36.2 Å². The van der Waals surface area contributed by atoms with Gasteiger partial charge in [-0.3, -0.25) is 0 Å². The molecule has 0 saturated heterocycles. The molecule has 3 heteroatoms. The molecule has 2 rings (SSSR count). The van der Waals surface area contributed by atoms with Crippen LogP contribution < -0.4 is 0 Å². The van der Waals surface area contributed by atoms with Crippen LogP contribution in [0.2, 0.25) is 0 Å². The van der Waals surface area contributed by atoms with E-state index in [4.69, 9.17) is 0 Å². The Labute approximate surface area is 114 Å². The Morgan fingerprint density at radius 2 is 1.72 bits per heavy atom. The molecule has 2 aromatic carbocycles. The molecule has 0 heterocycles. The van der Waals surface area contributed by atoms with E-state index in [2.05, 4.69) is 15.9 Å². The molecule has 94 valence electrons. The Morgan fingerprint density at radius 3 is 2.33 bits per heavy atom. The Hall–Kier alpha value is -1.19. The van der Waals surface area contributed by atoms with E-state index in [1.165, 1.54) is 12.1 Å². The summed E-state index contributed by atoms with van der Waals surface area (Å²) in [4.78, 5) is 0. The maximum absolute atomic E-state index is 12.9. The van der Waals surface area contributed by atoms with Gasteiger partial charge in [-0.15, -0.1) is 0 Å². The van der Waals surface area contributed by atoms with Crippen molar-refractivity contribution in [2.45, 2.75) is 18.9 Å². The minimum absolute atomic E-state index is 0.296. The molecule has 2 aromatic rings. The number of benzene rings is 2. The fourth-order valence-corrected chi connectivity index (χ4v) is 2.35. The molecular weight excluding hydrogens is 295 g/mol. The van der Waals surface area contributed by atoms with E-state index in [1.807, 2.05) is 24.3 Å². The molecule has 1 nitrogen and oxygen atoms in total. The predicted molar refractivity (Wildman–Crippen MR) is 73.8 cm³/mol. The smallest absolute Gasteiger partial charge is 0.123 e. The van der Waals surface area contributed by atoms with Gasteiger partial charge < -0.3 is 5.11 Å². The second-order valence-electron chi connectivity index (χ2n) is 4.55. The number of halogens is 2. The zero-order chi connectivity index (χ0) is 13.2. The van der Waals surface area contributed by atoms with Gasteiger partial charge in [0.15, 0.2) is 0 Å². The van der Waals surface area contributed by atoms with Crippen LogP contribution in [-0.4, -0.2) is 5.11 Å². The van der Waals surface area contributed by atoms with Gasteiger partial charge in [0.05, 0.1) is 5.60 Å². The van der Waals surface area contributed by atoms with Gasteiger partial charge in [0.25, 0.3) is 0 Å². The number of hydrogen-bond acceptors (Lipinski definition) is 1. The molecule has 0 spiro atoms. The van der Waals surface area contributed by atoms with Crippen LogP contribution in [0.1, 0.15) is 18.1 Å². The van der Waals surface area contributed by atoms with Gasteiger partial charge in [-0.25, -0.2) is 4.39 Å². The molecular formula is C15H14BrFO. The van der Waals surface area contributed by atoms with E-state index in [0.29, 0.717) is 12.0 Å². The van der Waals surface area contributed by atoms with Crippen molar-refractivity contribution in [3.8, 4) is 0 Å². The molecule has 0 fully saturated rings. The Bertz CT molecular complexity index is 534. The Balaban J connectivity index is 2.27. The molecule has 0 radical (unpaired) electrons. The lowest BCUT2D eigenvalue weighted by molar-refractivity contribution is 0.0574. The molecule has 0 amide bonds. The molecule has 1 atom stereocenters. The topological polar surface area (TPSA) is 20.2 Å². The van der Waals surface area contributed by atoms with Gasteiger partial charge in [0, 0.05) is 10.9 Å². The first-order valence-corrected chi connectivity index (χ1v) is 6.50. The van der Waals surface area contributed by atoms with Gasteiger partial charge in [0.2, 0.25) is 0 Å². The van der Waals surface area contributed by atoms with Gasteiger partial charge in [0.1, 0.15) is 5.82 Å². The van der Waals surface area contributed by atoms with Crippen molar-refractivity contribution in [1.82, 2.24) is 0 Å². The molecule has 1 N–H and O–H groups in total. The van der Waals surface area contributed by atoms with E-state index in [0.717, 1.165) is 10.0 Å². The molecule has 0 bridgehead atoms. The van der Waals surface area contributed by atoms with Crippen molar-refractivity contribution < 1.29 is 9.50 Å². The monoisotopic (exact) mass is 308 g/mol. The van der Waals surface area contributed by atoms with Crippen LogP contribution in [0, 0.1) is 5.82 Å². The maximum atomic E-state index is 12.9. The maximum Gasteiger partial charge on any atom is 0.123 e. The van der Waals surface area contributed by atoms with Gasteiger partial charge >= 0.3 is 0 Å². The van der Waals surface area contributed by atoms with Crippen LogP contribution in [0.3, 0.4) is 0 Å². The van der Waals surface area contributed by atoms with Crippen molar-refractivity contribution in [2.24, 2.45) is 0 Å². The summed E-state index contributed by atoms with van der Waals surface area (Å²) in [5.74, 6) is -0.296. The fourth-order valence-electron chi connectivity index (χ4n) is 1.92. The molecule has 0 aliphatic carbocycles. The first-order chi connectivity index (χ1) is 8.49. The first kappa shape index (κ1) is 13.2. The van der Waals surface area contributed by atoms with Crippen molar-refractivity contribution >= 4 is 15.9 Å². The highest BCUT2D eigenvalue weighted by Crippen LogP contribution is 2.28. The summed E-state index contributed by atoms with van der Waals surface area (Å²) < 4.78 is 13.8. The normalized spacial score (nSPS) is 14.2. The number of rotatable bonds is 3. The van der Waals surface area contributed by atoms with Crippen molar-refractivity contribution in [3.63, 3.8) is 0 Å². The standard InChI is InChI=1S/C15H14BrFO/c1-15(18,12-6-8-13(17)9-7-12)10-11-4-2-3-5-14(11)16/h2-9,18H,10H2,1H3. The summed E-state index contributed by atoms with van der Waals surface area (Å²) in [6, 6.07) is 13.7. The fraction of sp³-hybridized carbons (Fsp3) is 0.200. The molecule has 0 aliphatic heterocycles. The summed E-state index contributed by atoms with van der Waals surface area (Å²) in [5, 5.41) is 10.5. The van der Waals surface area contributed by atoms with Crippen LogP contribution in [0.25, 0.3) is 0 Å². The lowest BCUT2D eigenvalue weighted by atomic mass is 9.89. The van der Waals surface area contributed by atoms with Crippen molar-refractivity contribution in [1.29, 1.82) is 0 Å². The van der Waals surface area contributed by atoms with E-state index < -0.39 is 5.60 Å². The average molecular weight is 309 g/mol. The highest BCUT2D eigenvalue weighted by molar-refractivity contribution is 9.10. The molecule has 18 heavy (non-hydrogen) atoms. The van der Waals surface area contributed by atoms with Gasteiger partial charge in [-0.1, -0.05) is 46.3 Å². The van der Waals surface area contributed by atoms with Crippen molar-refractivity contribution in [2.75, 3.05) is 0 Å². The SMILES string of the molecule is CC(O)(Cc1ccccc1Br)c1ccc(F)cc1. The minimum Gasteiger partial charge on any atom is -0.385 e. The summed E-state index contributed by atoms with van der Waals surface area (Å²) in [7, 11) is 0. The molecule has 1 unspecified atom stereocenters. The third-order valence-electron chi connectivity index (χ3n) is 2.96. The Morgan fingerprint density at radius 1 is 1.11 bits per heavy atom. The molecule has 0 aromatic heterocycles. The summed E-state index contributed by atoms with van der Waals surface area (Å²) >= 11 is 3.46. The zero-order valence-corrected chi connectivity index (χ0v) is 11.6. The second-order valence-corrected chi connectivity index (χ2v) is 5.40. The lowest BCUT2D eigenvalue weighted by Crippen LogP contribution is -2.24. The molecule has 0 aliphatic rings. The van der Waals surface area contributed by atoms with Crippen LogP contribution >= 0.6 is 15.9 Å². The quantitative estimate of drug-likeness (QED) is 0.907. The van der Waals surface area contributed by atoms with Crippen LogP contribution in [-0.2, 0) is 12.0 Å². The number of aliphatic hydroxyl groups is 1. The average Bonchev–Trinajstić information content (AvgIpc) is 2.32. The largest absolute Gasteiger partial charge is 0.385 e. The summed E-state index contributed by atoms with van der Waals surface area (Å²) in [6.07, 6.45) is 0.472. The van der Waals surface area contributed by atoms with E-state index in [-0.39, 0.29) is 5.82 Å². The summed E-state index contributed by atoms with van der Waals surface area (Å²) in [5.41, 5.74) is 0.712. The molecule has 0 saturated carbocycles. The van der Waals surface area contributed by atoms with Crippen molar-refractivity contribution in [3.05, 3.63) is 69.9 Å². The van der Waals surface area contributed by atoms with E-state index >= 15 is 0 Å². The third kappa shape index (κ3) is 2.98. The highest BCUT2D eigenvalue weighted by Gasteiger charge is 2.24. The van der Waals surface area contributed by atoms with E-state index in [9.17, 15) is 9.50 Å². The highest BCUT2D eigenvalue weighted by atomic mass is 79.9. The van der Waals surface area contributed by atoms with Crippen LogP contribution in [0.5, 0.6) is 0 Å². The minimum atomic E-state index is -1.02. The first-order valence-electron chi connectivity index (χ1n) is 5.71. The van der Waals surface area contributed by atoms with Gasteiger partial charge in [-0.2, -0.15) is 0 Å². The zero-order valence-electron chi connectivity index (χ0n) is 10.0. The van der Waals surface area contributed by atoms with Crippen LogP contribution in [0.4, 0.5) is 4.39 Å². The summed E-state index contributed by atoms with van der Waals surface area (Å²) in [6.45, 7) is 1.74. The van der Waals surface area contributed by atoms with Crippen LogP contribution in [0.15, 0.2) is 53.0 Å². The van der Waals surface area contributed by atoms with E-state index in [1.54, 1.807) is 19.1 Å². The number of hydrogen-bond donors (Lipinski definition) is 1. The lowest BCUT2D eigenvalue weighted by Gasteiger charge is -2.24. The third-order valence-corrected chi connectivity index (χ3v) is 3.73. The second kappa shape index (κ2) is 5.21. The predicted octanol–water partition coefficient (Wildman–Crippen LogP) is 4.04.